The van der Waals surface area contributed by atoms with Gasteiger partial charge in [0.2, 0.25) is 0 Å². The van der Waals surface area contributed by atoms with Gasteiger partial charge in [-0.25, -0.2) is 9.79 Å². The number of aromatic nitrogens is 3. The van der Waals surface area contributed by atoms with E-state index in [1.54, 1.807) is 40.8 Å². The number of amides is 1. The highest BCUT2D eigenvalue weighted by Crippen LogP contribution is 2.31. The summed E-state index contributed by atoms with van der Waals surface area (Å²) in [6.07, 6.45) is 1.80. The number of hydrogen-bond acceptors (Lipinski definition) is 6. The second-order valence-corrected chi connectivity index (χ2v) is 11.1. The first-order valence-corrected chi connectivity index (χ1v) is 14.4. The number of rotatable bonds is 6. The Kier molecular flexibility index (Phi) is 6.99. The van der Waals surface area contributed by atoms with E-state index in [2.05, 4.69) is 5.32 Å². The van der Waals surface area contributed by atoms with Crippen molar-refractivity contribution in [1.29, 1.82) is 0 Å². The number of nitrogens with one attached hydrogen (secondary N) is 1. The Hall–Kier alpha value is -4.96. The monoisotopic (exact) mass is 579 g/mol. The predicted molar refractivity (Wildman–Crippen MR) is 165 cm³/mol. The first-order chi connectivity index (χ1) is 20.3. The van der Waals surface area contributed by atoms with Gasteiger partial charge in [-0.3, -0.25) is 23.3 Å². The number of hydrogen-bond donors (Lipinski definition) is 1. The van der Waals surface area contributed by atoms with Crippen LogP contribution in [0.3, 0.4) is 0 Å². The van der Waals surface area contributed by atoms with Crippen LogP contribution in [0.15, 0.2) is 98.6 Å². The number of thiazole rings is 1. The van der Waals surface area contributed by atoms with Crippen molar-refractivity contribution >= 4 is 40.0 Å². The molecule has 0 saturated heterocycles. The molecule has 3 aromatic carbocycles. The van der Waals surface area contributed by atoms with Crippen molar-refractivity contribution in [2.24, 2.45) is 19.1 Å². The minimum Gasteiger partial charge on any atom is -0.494 e. The molecule has 0 saturated carbocycles. The summed E-state index contributed by atoms with van der Waals surface area (Å²) in [5.41, 5.74) is 4.33. The smallest absolute Gasteiger partial charge is 0.328 e. The Balaban J connectivity index is 1.50. The van der Waals surface area contributed by atoms with Crippen molar-refractivity contribution in [3.8, 4) is 5.75 Å². The van der Waals surface area contributed by atoms with E-state index in [0.717, 1.165) is 22.2 Å². The SMILES string of the molecule is CCOc1ccc(C2C(C(=O)Nc3ccccc3)=C(C)N=c3sc(=Cc4ccc5c(c4)n(C)c(=O)n5C)c(=O)n32)cc1. The van der Waals surface area contributed by atoms with Crippen LogP contribution in [-0.2, 0) is 18.9 Å². The van der Waals surface area contributed by atoms with Gasteiger partial charge in [-0.05, 0) is 67.4 Å². The molecule has 2 aromatic heterocycles. The lowest BCUT2D eigenvalue weighted by Gasteiger charge is -2.25. The molecule has 0 fully saturated rings. The molecule has 0 aliphatic carbocycles. The molecule has 0 radical (unpaired) electrons. The lowest BCUT2D eigenvalue weighted by molar-refractivity contribution is -0.113. The van der Waals surface area contributed by atoms with Crippen molar-refractivity contribution in [1.82, 2.24) is 13.7 Å². The third-order valence-corrected chi connectivity index (χ3v) is 8.38. The second-order valence-electron chi connectivity index (χ2n) is 10.1. The number of ether oxygens (including phenoxy) is 1. The molecular weight excluding hydrogens is 550 g/mol. The summed E-state index contributed by atoms with van der Waals surface area (Å²) in [5, 5.41) is 2.97. The van der Waals surface area contributed by atoms with Gasteiger partial charge >= 0.3 is 5.69 Å². The molecule has 3 heterocycles. The number of imidazole rings is 1. The Morgan fingerprint density at radius 2 is 1.71 bits per heavy atom. The maximum atomic E-state index is 14.0. The van der Waals surface area contributed by atoms with Crippen molar-refractivity contribution in [2.45, 2.75) is 19.9 Å². The largest absolute Gasteiger partial charge is 0.494 e. The molecule has 1 aliphatic rings. The Morgan fingerprint density at radius 3 is 2.43 bits per heavy atom. The molecule has 9 nitrogen and oxygen atoms in total. The number of benzene rings is 3. The summed E-state index contributed by atoms with van der Waals surface area (Å²) in [6, 6.07) is 21.6. The van der Waals surface area contributed by atoms with Crippen molar-refractivity contribution in [2.75, 3.05) is 11.9 Å². The number of carbonyl (C=O) groups is 1. The number of fused-ring (bicyclic) bond motifs is 2. The van der Waals surface area contributed by atoms with Crippen LogP contribution < -0.4 is 30.6 Å². The van der Waals surface area contributed by atoms with Gasteiger partial charge in [0.1, 0.15) is 5.75 Å². The van der Waals surface area contributed by atoms with Gasteiger partial charge in [0.15, 0.2) is 4.80 Å². The van der Waals surface area contributed by atoms with Crippen LogP contribution in [0, 0.1) is 0 Å². The standard InChI is InChI=1S/C32H29N5O4S/c1-5-41-23-14-12-21(13-15-23)28-27(29(38)34-22-9-7-6-8-10-22)19(2)33-31-37(28)30(39)26(42-31)18-20-11-16-24-25(17-20)36(4)32(40)35(24)3/h6-18,28H,5H2,1-4H3,(H,34,38). The molecule has 212 valence electrons. The maximum absolute atomic E-state index is 14.0. The van der Waals surface area contributed by atoms with Crippen molar-refractivity contribution in [3.63, 3.8) is 0 Å². The van der Waals surface area contributed by atoms with Crippen LogP contribution >= 0.6 is 11.3 Å². The van der Waals surface area contributed by atoms with Gasteiger partial charge in [-0.2, -0.15) is 0 Å². The lowest BCUT2D eigenvalue weighted by Crippen LogP contribution is -2.40. The average molecular weight is 580 g/mol. The Bertz CT molecular complexity index is 2120. The number of carbonyl (C=O) groups excluding carboxylic acids is 1. The summed E-state index contributed by atoms with van der Waals surface area (Å²) in [6.45, 7) is 4.24. The minimum atomic E-state index is -0.694. The van der Waals surface area contributed by atoms with Gasteiger partial charge < -0.3 is 10.1 Å². The van der Waals surface area contributed by atoms with Gasteiger partial charge in [0, 0.05) is 19.8 Å². The van der Waals surface area contributed by atoms with E-state index >= 15 is 0 Å². The van der Waals surface area contributed by atoms with Crippen LogP contribution in [-0.4, -0.2) is 26.2 Å². The number of anilines is 1. The molecule has 1 unspecified atom stereocenters. The Morgan fingerprint density at radius 1 is 1.00 bits per heavy atom. The van der Waals surface area contributed by atoms with Crippen molar-refractivity contribution < 1.29 is 9.53 Å². The summed E-state index contributed by atoms with van der Waals surface area (Å²) in [4.78, 5) is 45.4. The zero-order valence-corrected chi connectivity index (χ0v) is 24.4. The summed E-state index contributed by atoms with van der Waals surface area (Å²) in [7, 11) is 3.46. The van der Waals surface area contributed by atoms with E-state index in [0.29, 0.717) is 38.6 Å². The van der Waals surface area contributed by atoms with Crippen LogP contribution in [0.2, 0.25) is 0 Å². The quantitative estimate of drug-likeness (QED) is 0.333. The molecule has 5 aromatic rings. The zero-order chi connectivity index (χ0) is 29.5. The highest BCUT2D eigenvalue weighted by atomic mass is 32.1. The Labute approximate surface area is 245 Å². The first kappa shape index (κ1) is 27.2. The van der Waals surface area contributed by atoms with Crippen LogP contribution in [0.4, 0.5) is 5.69 Å². The molecule has 1 atom stereocenters. The highest BCUT2D eigenvalue weighted by Gasteiger charge is 2.32. The maximum Gasteiger partial charge on any atom is 0.328 e. The highest BCUT2D eigenvalue weighted by molar-refractivity contribution is 7.07. The topological polar surface area (TPSA) is 99.6 Å². The normalized spacial score (nSPS) is 15.0. The molecule has 6 rings (SSSR count). The second kappa shape index (κ2) is 10.8. The van der Waals surface area contributed by atoms with Gasteiger partial charge in [0.25, 0.3) is 11.5 Å². The molecule has 1 aliphatic heterocycles. The number of allylic oxidation sites excluding steroid dienone is 1. The van der Waals surface area contributed by atoms with Crippen LogP contribution in [0.5, 0.6) is 5.75 Å². The van der Waals surface area contributed by atoms with Crippen LogP contribution in [0.1, 0.15) is 31.0 Å². The predicted octanol–water partition coefficient (Wildman–Crippen LogP) is 3.46. The van der Waals surface area contributed by atoms with E-state index in [1.807, 2.05) is 79.7 Å². The average Bonchev–Trinajstić information content (AvgIpc) is 3.40. The summed E-state index contributed by atoms with van der Waals surface area (Å²) in [5.74, 6) is 0.376. The van der Waals surface area contributed by atoms with E-state index in [-0.39, 0.29) is 17.2 Å². The number of nitrogens with zero attached hydrogens (tertiary/aromatic N) is 4. The summed E-state index contributed by atoms with van der Waals surface area (Å²) < 4.78 is 10.9. The zero-order valence-electron chi connectivity index (χ0n) is 23.6. The van der Waals surface area contributed by atoms with Gasteiger partial charge in [-0.15, -0.1) is 0 Å². The first-order valence-electron chi connectivity index (χ1n) is 13.5. The number of aryl methyl sites for hydroxylation is 2. The van der Waals surface area contributed by atoms with Gasteiger partial charge in [0.05, 0.1) is 39.5 Å². The molecule has 1 amide bonds. The summed E-state index contributed by atoms with van der Waals surface area (Å²) >= 11 is 1.27. The molecular formula is C32H29N5O4S. The number of para-hydroxylation sites is 1. The fraction of sp³-hybridized carbons (Fsp3) is 0.188. The van der Waals surface area contributed by atoms with E-state index in [9.17, 15) is 14.4 Å². The molecule has 0 spiro atoms. The molecule has 1 N–H and O–H groups in total. The van der Waals surface area contributed by atoms with Crippen LogP contribution in [0.25, 0.3) is 17.1 Å². The molecule has 10 heteroatoms. The molecule has 0 bridgehead atoms. The lowest BCUT2D eigenvalue weighted by atomic mass is 9.95. The third-order valence-electron chi connectivity index (χ3n) is 7.40. The fourth-order valence-electron chi connectivity index (χ4n) is 5.33. The van der Waals surface area contributed by atoms with E-state index in [1.165, 1.54) is 11.3 Å². The minimum absolute atomic E-state index is 0.117. The third kappa shape index (κ3) is 4.69. The van der Waals surface area contributed by atoms with Crippen molar-refractivity contribution in [3.05, 3.63) is 125 Å². The van der Waals surface area contributed by atoms with E-state index < -0.39 is 6.04 Å². The fourth-order valence-corrected chi connectivity index (χ4v) is 6.37. The molecule has 42 heavy (non-hydrogen) atoms. The van der Waals surface area contributed by atoms with Gasteiger partial charge in [-0.1, -0.05) is 47.7 Å². The van der Waals surface area contributed by atoms with E-state index in [4.69, 9.17) is 9.73 Å².